The van der Waals surface area contributed by atoms with Crippen molar-refractivity contribution < 1.29 is 19.0 Å². The molecular formula is C26H30N2O4. The van der Waals surface area contributed by atoms with E-state index < -0.39 is 0 Å². The van der Waals surface area contributed by atoms with Crippen molar-refractivity contribution in [3.63, 3.8) is 0 Å². The third-order valence-corrected chi connectivity index (χ3v) is 4.80. The highest BCUT2D eigenvalue weighted by Crippen LogP contribution is 2.26. The molecule has 32 heavy (non-hydrogen) atoms. The Kier molecular flexibility index (Phi) is 8.22. The normalized spacial score (nSPS) is 11.6. The van der Waals surface area contributed by atoms with Gasteiger partial charge in [-0.2, -0.15) is 0 Å². The molecule has 0 aliphatic heterocycles. The van der Waals surface area contributed by atoms with Crippen LogP contribution in [0.3, 0.4) is 0 Å². The number of amides is 1. The summed E-state index contributed by atoms with van der Waals surface area (Å²) in [4.78, 5) is 17.3. The summed E-state index contributed by atoms with van der Waals surface area (Å²) < 4.78 is 16.9. The Hall–Kier alpha value is -3.38. The predicted molar refractivity (Wildman–Crippen MR) is 126 cm³/mol. The number of carbonyl (C=O) groups is 1. The molecule has 1 N–H and O–H groups in total. The zero-order chi connectivity index (χ0) is 22.9. The summed E-state index contributed by atoms with van der Waals surface area (Å²) in [5.41, 5.74) is 2.83. The molecule has 0 aliphatic rings. The Morgan fingerprint density at radius 1 is 0.969 bits per heavy atom. The number of benzene rings is 2. The topological polar surface area (TPSA) is 69.7 Å². The van der Waals surface area contributed by atoms with Crippen molar-refractivity contribution in [3.8, 4) is 17.2 Å². The molecule has 0 bridgehead atoms. The fourth-order valence-corrected chi connectivity index (χ4v) is 3.34. The van der Waals surface area contributed by atoms with E-state index in [0.717, 1.165) is 11.4 Å². The fraction of sp³-hybridized carbons (Fsp3) is 0.308. The highest BCUT2D eigenvalue weighted by atomic mass is 16.5. The maximum atomic E-state index is 12.7. The summed E-state index contributed by atoms with van der Waals surface area (Å²) in [7, 11) is 0. The monoisotopic (exact) mass is 434 g/mol. The minimum absolute atomic E-state index is 0.0916. The fourth-order valence-electron chi connectivity index (χ4n) is 3.34. The van der Waals surface area contributed by atoms with Crippen LogP contribution in [0.15, 0.2) is 60.7 Å². The number of nitrogens with one attached hydrogen (secondary N) is 1. The maximum absolute atomic E-state index is 12.7. The summed E-state index contributed by atoms with van der Waals surface area (Å²) in [6, 6.07) is 18.4. The van der Waals surface area contributed by atoms with Gasteiger partial charge in [0.1, 0.15) is 17.2 Å². The van der Waals surface area contributed by atoms with Crippen LogP contribution in [-0.2, 0) is 11.2 Å². The standard InChI is InChI=1S/C26H30N2O4/c1-5-30-18(3)16-21-12-15-25(19(4)27-21)26(29)28-20-10-13-22(14-11-20)32-24-9-7-8-23(17-24)31-6-2/h7-15,17-18H,5-6,16H2,1-4H3,(H,28,29). The first kappa shape index (κ1) is 23.3. The van der Waals surface area contributed by atoms with Crippen molar-refractivity contribution in [3.05, 3.63) is 77.6 Å². The molecule has 3 rings (SSSR count). The third kappa shape index (κ3) is 6.56. The summed E-state index contributed by atoms with van der Waals surface area (Å²) in [5.74, 6) is 1.92. The van der Waals surface area contributed by atoms with Crippen molar-refractivity contribution in [1.82, 2.24) is 4.98 Å². The van der Waals surface area contributed by atoms with Crippen LogP contribution in [0.25, 0.3) is 0 Å². The second kappa shape index (κ2) is 11.3. The molecule has 0 radical (unpaired) electrons. The number of carbonyl (C=O) groups excluding carboxylic acids is 1. The molecule has 1 aromatic heterocycles. The lowest BCUT2D eigenvalue weighted by atomic mass is 10.1. The van der Waals surface area contributed by atoms with Crippen molar-refractivity contribution in [2.45, 2.75) is 40.2 Å². The van der Waals surface area contributed by atoms with Crippen LogP contribution in [0.1, 0.15) is 42.5 Å². The SMILES string of the molecule is CCOc1cccc(Oc2ccc(NC(=O)c3ccc(CC(C)OCC)nc3C)cc2)c1. The van der Waals surface area contributed by atoms with Crippen LogP contribution in [-0.4, -0.2) is 30.2 Å². The van der Waals surface area contributed by atoms with E-state index in [9.17, 15) is 4.79 Å². The molecule has 1 atom stereocenters. The molecule has 0 aliphatic carbocycles. The van der Waals surface area contributed by atoms with Gasteiger partial charge in [-0.25, -0.2) is 0 Å². The first-order valence-electron chi connectivity index (χ1n) is 10.9. The summed E-state index contributed by atoms with van der Waals surface area (Å²) in [6.07, 6.45) is 0.805. The number of aromatic nitrogens is 1. The van der Waals surface area contributed by atoms with Gasteiger partial charge in [0, 0.05) is 30.5 Å². The van der Waals surface area contributed by atoms with Crippen molar-refractivity contribution in [2.24, 2.45) is 0 Å². The molecular weight excluding hydrogens is 404 g/mol. The number of pyridine rings is 1. The first-order valence-corrected chi connectivity index (χ1v) is 10.9. The molecule has 1 amide bonds. The third-order valence-electron chi connectivity index (χ3n) is 4.80. The number of nitrogens with zero attached hydrogens (tertiary/aromatic N) is 1. The molecule has 168 valence electrons. The lowest BCUT2D eigenvalue weighted by molar-refractivity contribution is 0.0761. The first-order chi connectivity index (χ1) is 15.5. The molecule has 0 saturated carbocycles. The highest BCUT2D eigenvalue weighted by Gasteiger charge is 2.13. The molecule has 0 saturated heterocycles. The average Bonchev–Trinajstić information content (AvgIpc) is 2.76. The molecule has 0 fully saturated rings. The van der Waals surface area contributed by atoms with E-state index in [4.69, 9.17) is 14.2 Å². The Balaban J connectivity index is 1.61. The van der Waals surface area contributed by atoms with E-state index in [1.54, 1.807) is 12.1 Å². The molecule has 2 aromatic carbocycles. The molecule has 1 heterocycles. The van der Waals surface area contributed by atoms with Crippen LogP contribution >= 0.6 is 0 Å². The van der Waals surface area contributed by atoms with Crippen LogP contribution in [0, 0.1) is 6.92 Å². The minimum atomic E-state index is -0.197. The number of hydrogen-bond donors (Lipinski definition) is 1. The zero-order valence-corrected chi connectivity index (χ0v) is 19.1. The Morgan fingerprint density at radius 3 is 2.41 bits per heavy atom. The van der Waals surface area contributed by atoms with Gasteiger partial charge in [-0.1, -0.05) is 6.07 Å². The largest absolute Gasteiger partial charge is 0.494 e. The van der Waals surface area contributed by atoms with Crippen LogP contribution < -0.4 is 14.8 Å². The number of rotatable bonds is 10. The van der Waals surface area contributed by atoms with Gasteiger partial charge in [-0.3, -0.25) is 9.78 Å². The van der Waals surface area contributed by atoms with Crippen LogP contribution in [0.5, 0.6) is 17.2 Å². The van der Waals surface area contributed by atoms with Gasteiger partial charge in [0.05, 0.1) is 24.0 Å². The lowest BCUT2D eigenvalue weighted by Crippen LogP contribution is -2.16. The van der Waals surface area contributed by atoms with Gasteiger partial charge >= 0.3 is 0 Å². The molecule has 0 spiro atoms. The van der Waals surface area contributed by atoms with Gasteiger partial charge in [0.15, 0.2) is 0 Å². The number of aryl methyl sites for hydroxylation is 1. The van der Waals surface area contributed by atoms with Crippen LogP contribution in [0.4, 0.5) is 5.69 Å². The predicted octanol–water partition coefficient (Wildman–Crippen LogP) is 5.80. The summed E-state index contributed by atoms with van der Waals surface area (Å²) in [6.45, 7) is 9.05. The van der Waals surface area contributed by atoms with Gasteiger partial charge in [0.2, 0.25) is 0 Å². The zero-order valence-electron chi connectivity index (χ0n) is 19.1. The number of anilines is 1. The van der Waals surface area contributed by atoms with Gasteiger partial charge < -0.3 is 19.5 Å². The smallest absolute Gasteiger partial charge is 0.257 e. The van der Waals surface area contributed by atoms with Gasteiger partial charge in [-0.15, -0.1) is 0 Å². The van der Waals surface area contributed by atoms with E-state index in [-0.39, 0.29) is 12.0 Å². The Morgan fingerprint density at radius 2 is 1.72 bits per heavy atom. The Bertz CT molecular complexity index is 1030. The summed E-state index contributed by atoms with van der Waals surface area (Å²) in [5, 5.41) is 2.92. The quantitative estimate of drug-likeness (QED) is 0.437. The van der Waals surface area contributed by atoms with Crippen molar-refractivity contribution in [1.29, 1.82) is 0 Å². The molecule has 6 heteroatoms. The van der Waals surface area contributed by atoms with E-state index in [2.05, 4.69) is 10.3 Å². The van der Waals surface area contributed by atoms with E-state index >= 15 is 0 Å². The van der Waals surface area contributed by atoms with E-state index in [0.29, 0.717) is 48.1 Å². The Labute approximate surface area is 189 Å². The number of hydrogen-bond acceptors (Lipinski definition) is 5. The minimum Gasteiger partial charge on any atom is -0.494 e. The van der Waals surface area contributed by atoms with E-state index in [1.807, 2.05) is 76.2 Å². The summed E-state index contributed by atoms with van der Waals surface area (Å²) >= 11 is 0. The van der Waals surface area contributed by atoms with Crippen molar-refractivity contribution >= 4 is 11.6 Å². The lowest BCUT2D eigenvalue weighted by Gasteiger charge is -2.13. The van der Waals surface area contributed by atoms with Gasteiger partial charge in [0.25, 0.3) is 5.91 Å². The second-order valence-corrected chi connectivity index (χ2v) is 7.39. The number of ether oxygens (including phenoxy) is 3. The second-order valence-electron chi connectivity index (χ2n) is 7.39. The van der Waals surface area contributed by atoms with Gasteiger partial charge in [-0.05, 0) is 76.2 Å². The molecule has 3 aromatic rings. The highest BCUT2D eigenvalue weighted by molar-refractivity contribution is 6.05. The van der Waals surface area contributed by atoms with E-state index in [1.165, 1.54) is 0 Å². The van der Waals surface area contributed by atoms with Crippen LogP contribution in [0.2, 0.25) is 0 Å². The van der Waals surface area contributed by atoms with Crippen molar-refractivity contribution in [2.75, 3.05) is 18.5 Å². The average molecular weight is 435 g/mol. The maximum Gasteiger partial charge on any atom is 0.257 e. The molecule has 1 unspecified atom stereocenters. The molecule has 6 nitrogen and oxygen atoms in total.